The maximum Gasteiger partial charge on any atom is 0.255 e. The Balaban J connectivity index is 2.33. The minimum Gasteiger partial charge on any atom is -0.366 e. The maximum absolute atomic E-state index is 12.6. The van der Waals surface area contributed by atoms with Crippen molar-refractivity contribution in [3.8, 4) is 0 Å². The van der Waals surface area contributed by atoms with Gasteiger partial charge in [0.2, 0.25) is 15.9 Å². The van der Waals surface area contributed by atoms with Crippen LogP contribution in [0.25, 0.3) is 0 Å². The first-order valence-corrected chi connectivity index (χ1v) is 10.3. The van der Waals surface area contributed by atoms with E-state index in [0.717, 1.165) is 0 Å². The van der Waals surface area contributed by atoms with Crippen LogP contribution in [0.5, 0.6) is 0 Å². The average Bonchev–Trinajstić information content (AvgIpc) is 2.52. The van der Waals surface area contributed by atoms with E-state index >= 15 is 0 Å². The molecule has 0 radical (unpaired) electrons. The molecule has 0 heterocycles. The minimum absolute atomic E-state index is 0.0119. The lowest BCUT2D eigenvalue weighted by molar-refractivity contribution is 0.0998. The molecule has 0 fully saturated rings. The third kappa shape index (κ3) is 5.45. The molecule has 0 saturated heterocycles. The Hall–Kier alpha value is -2.13. The largest absolute Gasteiger partial charge is 0.366 e. The molecule has 10 heteroatoms. The molecule has 150 valence electrons. The number of hydrogen-bond donors (Lipinski definition) is 3. The lowest BCUT2D eigenvalue weighted by Gasteiger charge is -2.21. The van der Waals surface area contributed by atoms with Crippen molar-refractivity contribution in [1.29, 1.82) is 0 Å². The smallest absolute Gasteiger partial charge is 0.255 e. The molecule has 2 aromatic rings. The van der Waals surface area contributed by atoms with Crippen LogP contribution in [0, 0.1) is 0 Å². The first-order valence-electron chi connectivity index (χ1n) is 8.04. The molecule has 0 unspecified atom stereocenters. The summed E-state index contributed by atoms with van der Waals surface area (Å²) < 4.78 is 27.6. The summed E-state index contributed by atoms with van der Waals surface area (Å²) in [7, 11) is -3.93. The molecule has 0 spiro atoms. The van der Waals surface area contributed by atoms with Gasteiger partial charge >= 0.3 is 0 Å². The molecule has 0 aliphatic heterocycles. The summed E-state index contributed by atoms with van der Waals surface area (Å²) >= 11 is 12.0. The molecule has 0 aliphatic rings. The van der Waals surface area contributed by atoms with Crippen LogP contribution in [0.1, 0.15) is 41.5 Å². The summed E-state index contributed by atoms with van der Waals surface area (Å²) in [6, 6.07) is 8.12. The van der Waals surface area contributed by atoms with Gasteiger partial charge in [0.05, 0.1) is 15.6 Å². The summed E-state index contributed by atoms with van der Waals surface area (Å²) in [4.78, 5) is 23.5. The Morgan fingerprint density at radius 1 is 1.00 bits per heavy atom. The van der Waals surface area contributed by atoms with E-state index in [4.69, 9.17) is 28.9 Å². The minimum atomic E-state index is -3.93. The standard InChI is InChI=1S/C18H19Cl2N3O4S/c1-18(2,3)23-28(26,27)15-8-10(4-7-13(15)19)17(25)22-11-5-6-12(16(21)24)14(20)9-11/h4-9,23H,1-3H3,(H2,21,24)(H,22,25). The summed E-state index contributed by atoms with van der Waals surface area (Å²) in [6.07, 6.45) is 0. The van der Waals surface area contributed by atoms with Gasteiger partial charge in [-0.15, -0.1) is 0 Å². The van der Waals surface area contributed by atoms with Crippen LogP contribution in [-0.4, -0.2) is 25.8 Å². The highest BCUT2D eigenvalue weighted by Gasteiger charge is 2.25. The summed E-state index contributed by atoms with van der Waals surface area (Å²) in [5.74, 6) is -1.27. The lowest BCUT2D eigenvalue weighted by atomic mass is 10.1. The summed E-state index contributed by atoms with van der Waals surface area (Å²) in [6.45, 7) is 5.07. The van der Waals surface area contributed by atoms with Crippen LogP contribution in [0.2, 0.25) is 10.0 Å². The van der Waals surface area contributed by atoms with Crippen molar-refractivity contribution in [2.45, 2.75) is 31.2 Å². The van der Waals surface area contributed by atoms with Gasteiger partial charge in [-0.2, -0.15) is 0 Å². The molecular weight excluding hydrogens is 425 g/mol. The van der Waals surface area contributed by atoms with E-state index in [9.17, 15) is 18.0 Å². The molecule has 7 nitrogen and oxygen atoms in total. The number of carbonyl (C=O) groups excluding carboxylic acids is 2. The SMILES string of the molecule is CC(C)(C)NS(=O)(=O)c1cc(C(=O)Nc2ccc(C(N)=O)c(Cl)c2)ccc1Cl. The summed E-state index contributed by atoms with van der Waals surface area (Å²) in [5, 5.41) is 2.65. The third-order valence-electron chi connectivity index (χ3n) is 3.42. The van der Waals surface area contributed by atoms with Gasteiger partial charge < -0.3 is 11.1 Å². The van der Waals surface area contributed by atoms with E-state index in [2.05, 4.69) is 10.0 Å². The molecule has 0 aromatic heterocycles. The highest BCUT2D eigenvalue weighted by molar-refractivity contribution is 7.89. The summed E-state index contributed by atoms with van der Waals surface area (Å²) in [5.41, 5.74) is 4.97. The molecule has 2 amide bonds. The molecule has 0 atom stereocenters. The van der Waals surface area contributed by atoms with Gasteiger partial charge in [-0.25, -0.2) is 13.1 Å². The molecular formula is C18H19Cl2N3O4S. The van der Waals surface area contributed by atoms with Gasteiger partial charge in [-0.05, 0) is 57.2 Å². The van der Waals surface area contributed by atoms with Crippen LogP contribution in [-0.2, 0) is 10.0 Å². The number of nitrogens with two attached hydrogens (primary N) is 1. The van der Waals surface area contributed by atoms with Crippen LogP contribution in [0.4, 0.5) is 5.69 Å². The second-order valence-corrected chi connectivity index (χ2v) is 9.48. The Morgan fingerprint density at radius 3 is 2.18 bits per heavy atom. The fourth-order valence-electron chi connectivity index (χ4n) is 2.30. The first-order chi connectivity index (χ1) is 12.8. The Kier molecular flexibility index (Phi) is 6.40. The van der Waals surface area contributed by atoms with Crippen LogP contribution in [0.15, 0.2) is 41.3 Å². The number of benzene rings is 2. The number of sulfonamides is 1. The number of amides is 2. The molecule has 28 heavy (non-hydrogen) atoms. The van der Waals surface area contributed by atoms with Gasteiger partial charge in [0.25, 0.3) is 5.91 Å². The normalized spacial score (nSPS) is 11.9. The van der Waals surface area contributed by atoms with Gasteiger partial charge in [0, 0.05) is 16.8 Å². The highest BCUT2D eigenvalue weighted by Crippen LogP contribution is 2.25. The van der Waals surface area contributed by atoms with Gasteiger partial charge in [0.15, 0.2) is 0 Å². The van der Waals surface area contributed by atoms with Crippen molar-refractivity contribution in [3.63, 3.8) is 0 Å². The van der Waals surface area contributed by atoms with E-state index in [-0.39, 0.29) is 26.1 Å². The number of halogens is 2. The first kappa shape index (κ1) is 22.2. The van der Waals surface area contributed by atoms with E-state index in [1.165, 1.54) is 36.4 Å². The number of carbonyl (C=O) groups is 2. The number of nitrogens with one attached hydrogen (secondary N) is 2. The van der Waals surface area contributed by atoms with Crippen molar-refractivity contribution in [2.75, 3.05) is 5.32 Å². The van der Waals surface area contributed by atoms with Crippen molar-refractivity contribution < 1.29 is 18.0 Å². The predicted molar refractivity (Wildman–Crippen MR) is 109 cm³/mol. The zero-order valence-electron chi connectivity index (χ0n) is 15.3. The number of rotatable bonds is 5. The quantitative estimate of drug-likeness (QED) is 0.655. The monoisotopic (exact) mass is 443 g/mol. The topological polar surface area (TPSA) is 118 Å². The van der Waals surface area contributed by atoms with Gasteiger partial charge in [-0.1, -0.05) is 23.2 Å². The van der Waals surface area contributed by atoms with E-state index < -0.39 is 27.4 Å². The fraction of sp³-hybridized carbons (Fsp3) is 0.222. The van der Waals surface area contributed by atoms with Crippen LogP contribution >= 0.6 is 23.2 Å². The second-order valence-electron chi connectivity index (χ2n) is 7.01. The zero-order valence-corrected chi connectivity index (χ0v) is 17.7. The van der Waals surface area contributed by atoms with Crippen molar-refractivity contribution in [1.82, 2.24) is 4.72 Å². The molecule has 2 rings (SSSR count). The van der Waals surface area contributed by atoms with E-state index in [0.29, 0.717) is 5.69 Å². The van der Waals surface area contributed by atoms with E-state index in [1.54, 1.807) is 20.8 Å². The Morgan fingerprint density at radius 2 is 1.64 bits per heavy atom. The fourth-order valence-corrected chi connectivity index (χ4v) is 4.52. The third-order valence-corrected chi connectivity index (χ3v) is 5.97. The number of hydrogen-bond acceptors (Lipinski definition) is 4. The second kappa shape index (κ2) is 8.08. The van der Waals surface area contributed by atoms with Crippen LogP contribution < -0.4 is 15.8 Å². The Labute approximate surface area is 173 Å². The number of primary amides is 1. The average molecular weight is 444 g/mol. The molecule has 0 saturated carbocycles. The van der Waals surface area contributed by atoms with Gasteiger partial charge in [0.1, 0.15) is 4.90 Å². The molecule has 0 aliphatic carbocycles. The molecule has 4 N–H and O–H groups in total. The van der Waals surface area contributed by atoms with E-state index in [1.807, 2.05) is 0 Å². The predicted octanol–water partition coefficient (Wildman–Crippen LogP) is 3.42. The highest BCUT2D eigenvalue weighted by atomic mass is 35.5. The molecule has 2 aromatic carbocycles. The van der Waals surface area contributed by atoms with Crippen LogP contribution in [0.3, 0.4) is 0 Å². The zero-order chi connectivity index (χ0) is 21.3. The van der Waals surface area contributed by atoms with Crippen molar-refractivity contribution in [3.05, 3.63) is 57.6 Å². The van der Waals surface area contributed by atoms with Crippen molar-refractivity contribution in [2.24, 2.45) is 5.73 Å². The van der Waals surface area contributed by atoms with Gasteiger partial charge in [-0.3, -0.25) is 9.59 Å². The number of anilines is 1. The molecule has 0 bridgehead atoms. The van der Waals surface area contributed by atoms with Crippen molar-refractivity contribution >= 4 is 50.7 Å². The lowest BCUT2D eigenvalue weighted by Crippen LogP contribution is -2.40. The maximum atomic E-state index is 12.6. The Bertz CT molecular complexity index is 1050.